The normalized spacial score (nSPS) is 15.7. The van der Waals surface area contributed by atoms with E-state index in [9.17, 15) is 9.59 Å². The molecular weight excluding hydrogens is 256 g/mol. The lowest BCUT2D eigenvalue weighted by molar-refractivity contribution is -0.139. The molecule has 1 amide bonds. The first-order chi connectivity index (χ1) is 9.27. The molecule has 0 saturated heterocycles. The maximum atomic E-state index is 11.8. The van der Waals surface area contributed by atoms with Crippen LogP contribution in [0.25, 0.3) is 0 Å². The number of rotatable bonds is 10. The Bertz CT molecular complexity index is 305. The van der Waals surface area contributed by atoms with Gasteiger partial charge in [-0.1, -0.05) is 27.7 Å². The minimum absolute atomic E-state index is 0.0164. The van der Waals surface area contributed by atoms with Crippen LogP contribution in [0.5, 0.6) is 0 Å². The summed E-state index contributed by atoms with van der Waals surface area (Å²) in [6.07, 6.45) is 1.37. The number of hydrogen-bond donors (Lipinski definition) is 3. The molecule has 5 heteroatoms. The van der Waals surface area contributed by atoms with E-state index in [2.05, 4.69) is 19.2 Å². The maximum absolute atomic E-state index is 11.8. The number of carboxylic acids is 1. The van der Waals surface area contributed by atoms with Crippen LogP contribution in [-0.4, -0.2) is 30.1 Å². The van der Waals surface area contributed by atoms with Gasteiger partial charge >= 0.3 is 5.97 Å². The molecule has 118 valence electrons. The molecule has 0 aromatic carbocycles. The summed E-state index contributed by atoms with van der Waals surface area (Å²) >= 11 is 0. The molecule has 0 aliphatic rings. The first-order valence-corrected chi connectivity index (χ1v) is 7.46. The van der Waals surface area contributed by atoms with E-state index in [-0.39, 0.29) is 30.1 Å². The van der Waals surface area contributed by atoms with E-state index in [1.165, 1.54) is 0 Å². The lowest BCUT2D eigenvalue weighted by Crippen LogP contribution is -2.35. The topological polar surface area (TPSA) is 92.4 Å². The maximum Gasteiger partial charge on any atom is 0.303 e. The van der Waals surface area contributed by atoms with Crippen LogP contribution in [0.4, 0.5) is 0 Å². The first-order valence-electron chi connectivity index (χ1n) is 7.46. The van der Waals surface area contributed by atoms with E-state index in [0.29, 0.717) is 25.4 Å². The van der Waals surface area contributed by atoms with Crippen LogP contribution in [-0.2, 0) is 9.59 Å². The number of aliphatic carboxylic acids is 1. The number of carbonyl (C=O) groups excluding carboxylic acids is 1. The first kappa shape index (κ1) is 18.9. The van der Waals surface area contributed by atoms with Gasteiger partial charge in [0.15, 0.2) is 0 Å². The van der Waals surface area contributed by atoms with E-state index in [1.54, 1.807) is 0 Å². The van der Waals surface area contributed by atoms with Crippen molar-refractivity contribution in [2.75, 3.05) is 13.1 Å². The van der Waals surface area contributed by atoms with Gasteiger partial charge in [0.05, 0.1) is 6.42 Å². The van der Waals surface area contributed by atoms with Gasteiger partial charge in [-0.15, -0.1) is 0 Å². The second-order valence-corrected chi connectivity index (χ2v) is 6.15. The van der Waals surface area contributed by atoms with Crippen LogP contribution in [0, 0.1) is 23.7 Å². The molecule has 0 aliphatic carbocycles. The van der Waals surface area contributed by atoms with Gasteiger partial charge in [-0.3, -0.25) is 9.59 Å². The molecular formula is C15H30N2O3. The van der Waals surface area contributed by atoms with Crippen molar-refractivity contribution in [1.29, 1.82) is 0 Å². The lowest BCUT2D eigenvalue weighted by Gasteiger charge is -2.26. The molecule has 0 spiro atoms. The zero-order valence-electron chi connectivity index (χ0n) is 13.2. The zero-order chi connectivity index (χ0) is 15.7. The molecule has 4 N–H and O–H groups in total. The van der Waals surface area contributed by atoms with Crippen molar-refractivity contribution in [3.05, 3.63) is 0 Å². The minimum Gasteiger partial charge on any atom is -0.481 e. The molecule has 0 radical (unpaired) electrons. The van der Waals surface area contributed by atoms with E-state index in [0.717, 1.165) is 6.42 Å². The minimum atomic E-state index is -0.812. The molecule has 20 heavy (non-hydrogen) atoms. The lowest BCUT2D eigenvalue weighted by atomic mass is 9.83. The Morgan fingerprint density at radius 3 is 2.20 bits per heavy atom. The third kappa shape index (κ3) is 8.15. The van der Waals surface area contributed by atoms with Gasteiger partial charge in [0.25, 0.3) is 0 Å². The number of carbonyl (C=O) groups is 2. The van der Waals surface area contributed by atoms with Crippen LogP contribution in [0.2, 0.25) is 0 Å². The summed E-state index contributed by atoms with van der Waals surface area (Å²) in [6.45, 7) is 9.20. The van der Waals surface area contributed by atoms with Crippen LogP contribution >= 0.6 is 0 Å². The molecule has 0 aromatic heterocycles. The van der Waals surface area contributed by atoms with E-state index in [4.69, 9.17) is 10.8 Å². The average molecular weight is 286 g/mol. The Kier molecular flexibility index (Phi) is 9.21. The summed E-state index contributed by atoms with van der Waals surface area (Å²) in [4.78, 5) is 22.7. The van der Waals surface area contributed by atoms with Crippen molar-refractivity contribution < 1.29 is 14.7 Å². The van der Waals surface area contributed by atoms with Crippen LogP contribution < -0.4 is 11.1 Å². The number of nitrogens with one attached hydrogen (secondary N) is 1. The third-order valence-corrected chi connectivity index (χ3v) is 3.99. The van der Waals surface area contributed by atoms with Crippen molar-refractivity contribution in [2.45, 2.75) is 47.0 Å². The van der Waals surface area contributed by atoms with E-state index < -0.39 is 5.97 Å². The van der Waals surface area contributed by atoms with Gasteiger partial charge < -0.3 is 16.2 Å². The van der Waals surface area contributed by atoms with Gasteiger partial charge in [-0.2, -0.15) is 0 Å². The van der Waals surface area contributed by atoms with Gasteiger partial charge in [0, 0.05) is 13.0 Å². The molecule has 0 aliphatic heterocycles. The quantitative estimate of drug-likeness (QED) is 0.571. The Hall–Kier alpha value is -1.10. The number of hydrogen-bond acceptors (Lipinski definition) is 3. The molecule has 0 saturated carbocycles. The number of carboxylic acid groups (broad SMARTS) is 1. The second-order valence-electron chi connectivity index (χ2n) is 6.15. The van der Waals surface area contributed by atoms with Crippen LogP contribution in [0.15, 0.2) is 0 Å². The molecule has 3 atom stereocenters. The number of nitrogens with two attached hydrogens (primary N) is 1. The fraction of sp³-hybridized carbons (Fsp3) is 0.867. The van der Waals surface area contributed by atoms with E-state index in [1.807, 2.05) is 13.8 Å². The molecule has 3 unspecified atom stereocenters. The second kappa shape index (κ2) is 9.75. The van der Waals surface area contributed by atoms with Crippen molar-refractivity contribution >= 4 is 11.9 Å². The van der Waals surface area contributed by atoms with Crippen LogP contribution in [0.1, 0.15) is 47.0 Å². The highest BCUT2D eigenvalue weighted by Crippen LogP contribution is 2.23. The van der Waals surface area contributed by atoms with E-state index >= 15 is 0 Å². The zero-order valence-corrected chi connectivity index (χ0v) is 13.2. The van der Waals surface area contributed by atoms with Gasteiger partial charge in [-0.25, -0.2) is 0 Å². The van der Waals surface area contributed by atoms with Gasteiger partial charge in [0.2, 0.25) is 5.91 Å². The van der Waals surface area contributed by atoms with Crippen molar-refractivity contribution in [2.24, 2.45) is 29.4 Å². The van der Waals surface area contributed by atoms with Crippen molar-refractivity contribution in [3.8, 4) is 0 Å². The summed E-state index contributed by atoms with van der Waals surface area (Å²) < 4.78 is 0. The summed E-state index contributed by atoms with van der Waals surface area (Å²) in [5.41, 5.74) is 5.46. The standard InChI is InChI=1S/C15H30N2O3/c1-10(2)12(4)13(8-15(19)20)9-17-14(18)7-11(3)5-6-16/h10-13H,5-9,16H2,1-4H3,(H,17,18)(H,19,20). The highest BCUT2D eigenvalue weighted by atomic mass is 16.4. The fourth-order valence-corrected chi connectivity index (χ4v) is 2.23. The van der Waals surface area contributed by atoms with Gasteiger partial charge in [-0.05, 0) is 36.6 Å². The smallest absolute Gasteiger partial charge is 0.303 e. The molecule has 0 heterocycles. The van der Waals surface area contributed by atoms with Crippen LogP contribution in [0.3, 0.4) is 0 Å². The van der Waals surface area contributed by atoms with Crippen molar-refractivity contribution in [3.63, 3.8) is 0 Å². The average Bonchev–Trinajstić information content (AvgIpc) is 2.33. The predicted molar refractivity (Wildman–Crippen MR) is 80.2 cm³/mol. The summed E-state index contributed by atoms with van der Waals surface area (Å²) in [6, 6.07) is 0. The van der Waals surface area contributed by atoms with Gasteiger partial charge in [0.1, 0.15) is 0 Å². The summed E-state index contributed by atoms with van der Waals surface area (Å²) in [5, 5.41) is 11.8. The largest absolute Gasteiger partial charge is 0.481 e. The molecule has 0 aromatic rings. The Morgan fingerprint density at radius 1 is 1.15 bits per heavy atom. The SMILES string of the molecule is CC(CCN)CC(=O)NCC(CC(=O)O)C(C)C(C)C. The monoisotopic (exact) mass is 286 g/mol. The molecule has 5 nitrogen and oxygen atoms in total. The highest BCUT2D eigenvalue weighted by Gasteiger charge is 2.23. The Balaban J connectivity index is 4.31. The fourth-order valence-electron chi connectivity index (χ4n) is 2.23. The highest BCUT2D eigenvalue weighted by molar-refractivity contribution is 5.76. The molecule has 0 rings (SSSR count). The predicted octanol–water partition coefficient (Wildman–Crippen LogP) is 1.86. The molecule has 0 fully saturated rings. The third-order valence-electron chi connectivity index (χ3n) is 3.99. The summed E-state index contributed by atoms with van der Waals surface area (Å²) in [5.74, 6) is 0.0625. The van der Waals surface area contributed by atoms with Crippen molar-refractivity contribution in [1.82, 2.24) is 5.32 Å². The summed E-state index contributed by atoms with van der Waals surface area (Å²) in [7, 11) is 0. The number of amides is 1. The Labute approximate surface area is 122 Å². The Morgan fingerprint density at radius 2 is 1.75 bits per heavy atom. The molecule has 0 bridgehead atoms.